The Labute approximate surface area is 184 Å². The smallest absolute Gasteiger partial charge is 0.230 e. The first kappa shape index (κ1) is 20.7. The number of anilines is 1. The molecule has 1 aromatic heterocycles. The number of hydrogen-bond acceptors (Lipinski definition) is 5. The molecule has 154 valence electrons. The number of carbonyl (C=O) groups is 1. The summed E-state index contributed by atoms with van der Waals surface area (Å²) in [6.45, 7) is 4.21. The maximum atomic E-state index is 12.5. The van der Waals surface area contributed by atoms with Gasteiger partial charge in [0.05, 0.1) is 35.8 Å². The normalized spacial score (nSPS) is 13.6. The molecule has 7 heteroatoms. The average molecular weight is 440 g/mol. The van der Waals surface area contributed by atoms with Crippen molar-refractivity contribution in [2.45, 2.75) is 33.3 Å². The summed E-state index contributed by atoms with van der Waals surface area (Å²) in [6.07, 6.45) is 1.02. The van der Waals surface area contributed by atoms with E-state index < -0.39 is 0 Å². The number of benzene rings is 2. The Morgan fingerprint density at radius 1 is 1.23 bits per heavy atom. The highest BCUT2D eigenvalue weighted by Gasteiger charge is 2.20. The zero-order chi connectivity index (χ0) is 21.3. The van der Waals surface area contributed by atoms with Crippen molar-refractivity contribution >= 4 is 45.9 Å². The molecule has 0 aliphatic carbocycles. The van der Waals surface area contributed by atoms with E-state index in [1.165, 1.54) is 11.3 Å². The molecule has 0 spiro atoms. The Morgan fingerprint density at radius 3 is 2.77 bits per heavy atom. The predicted octanol–water partition coefficient (Wildman–Crippen LogP) is 5.62. The van der Waals surface area contributed by atoms with Crippen LogP contribution < -0.4 is 5.32 Å². The summed E-state index contributed by atoms with van der Waals surface area (Å²) >= 11 is 7.92. The second-order valence-corrected chi connectivity index (χ2v) is 8.99. The fourth-order valence-electron chi connectivity index (χ4n) is 3.44. The van der Waals surface area contributed by atoms with Gasteiger partial charge >= 0.3 is 0 Å². The van der Waals surface area contributed by atoms with Gasteiger partial charge in [0, 0.05) is 16.0 Å². The minimum absolute atomic E-state index is 0.0822. The second kappa shape index (κ2) is 8.68. The third-order valence-electron chi connectivity index (χ3n) is 4.81. The van der Waals surface area contributed by atoms with Crippen LogP contribution in [-0.4, -0.2) is 21.7 Å². The summed E-state index contributed by atoms with van der Waals surface area (Å²) in [7, 11) is 0. The van der Waals surface area contributed by atoms with Crippen molar-refractivity contribution in [1.29, 1.82) is 0 Å². The molecular weight excluding hydrogens is 418 g/mol. The molecule has 0 fully saturated rings. The number of thiazole rings is 1. The molecule has 1 amide bonds. The summed E-state index contributed by atoms with van der Waals surface area (Å²) in [5.41, 5.74) is 5.53. The summed E-state index contributed by atoms with van der Waals surface area (Å²) in [5.74, 6) is 0.338. The molecule has 1 aliphatic rings. The van der Waals surface area contributed by atoms with Crippen molar-refractivity contribution in [1.82, 2.24) is 4.98 Å². The molecule has 0 saturated heterocycles. The highest BCUT2D eigenvalue weighted by atomic mass is 35.5. The lowest BCUT2D eigenvalue weighted by atomic mass is 10.0. The minimum Gasteiger partial charge on any atom is -0.390 e. The molecule has 2 heterocycles. The van der Waals surface area contributed by atoms with Gasteiger partial charge in [-0.3, -0.25) is 9.79 Å². The number of nitrogens with one attached hydrogen (secondary N) is 1. The Kier molecular flexibility index (Phi) is 5.99. The molecule has 0 radical (unpaired) electrons. The van der Waals surface area contributed by atoms with Crippen LogP contribution in [0, 0.1) is 5.92 Å². The molecule has 5 nitrogen and oxygen atoms in total. The van der Waals surface area contributed by atoms with Gasteiger partial charge in [0.1, 0.15) is 5.01 Å². The number of aliphatic hydroxyl groups excluding tert-OH is 1. The van der Waals surface area contributed by atoms with Crippen LogP contribution in [0.3, 0.4) is 0 Å². The molecular formula is C23H22ClN3O2S. The fraction of sp³-hybridized carbons (Fsp3) is 0.261. The number of rotatable bonds is 5. The molecule has 0 bridgehead atoms. The van der Waals surface area contributed by atoms with Crippen molar-refractivity contribution < 1.29 is 9.90 Å². The van der Waals surface area contributed by atoms with Crippen LogP contribution in [0.25, 0.3) is 10.6 Å². The number of hydrogen-bond donors (Lipinski definition) is 2. The lowest BCUT2D eigenvalue weighted by Crippen LogP contribution is -2.15. The van der Waals surface area contributed by atoms with E-state index in [-0.39, 0.29) is 18.9 Å². The highest BCUT2D eigenvalue weighted by Crippen LogP contribution is 2.35. The first-order chi connectivity index (χ1) is 14.4. The van der Waals surface area contributed by atoms with Crippen LogP contribution in [0.2, 0.25) is 5.02 Å². The van der Waals surface area contributed by atoms with Crippen LogP contribution in [0.5, 0.6) is 0 Å². The van der Waals surface area contributed by atoms with Crippen molar-refractivity contribution in [2.75, 3.05) is 5.32 Å². The summed E-state index contributed by atoms with van der Waals surface area (Å²) in [6, 6.07) is 11.6. The maximum Gasteiger partial charge on any atom is 0.230 e. The van der Waals surface area contributed by atoms with Crippen LogP contribution >= 0.6 is 22.9 Å². The number of aliphatic hydroxyl groups is 1. The Morgan fingerprint density at radius 2 is 2.03 bits per heavy atom. The van der Waals surface area contributed by atoms with E-state index in [9.17, 15) is 9.90 Å². The summed E-state index contributed by atoms with van der Waals surface area (Å²) in [4.78, 5) is 21.8. The van der Waals surface area contributed by atoms with Crippen molar-refractivity contribution in [3.05, 3.63) is 63.6 Å². The second-order valence-electron chi connectivity index (χ2n) is 7.73. The van der Waals surface area contributed by atoms with Gasteiger partial charge in [-0.05, 0) is 41.7 Å². The van der Waals surface area contributed by atoms with Gasteiger partial charge in [-0.2, -0.15) is 0 Å². The third kappa shape index (κ3) is 4.46. The van der Waals surface area contributed by atoms with Gasteiger partial charge in [-0.15, -0.1) is 11.3 Å². The van der Waals surface area contributed by atoms with Crippen molar-refractivity contribution in [3.63, 3.8) is 0 Å². The van der Waals surface area contributed by atoms with Crippen LogP contribution in [0.1, 0.15) is 37.1 Å². The van der Waals surface area contributed by atoms with E-state index in [0.29, 0.717) is 28.0 Å². The average Bonchev–Trinajstić information content (AvgIpc) is 3.13. The standard InChI is InChI=1S/C23H22ClN3O2S/c1-13(2)6-16-8-20-21(9-18(16)24)27-22(29)10-19(26-20)14-4-3-5-15(7-14)23-25-17(11-28)12-30-23/h3-5,7-9,12-13,28H,6,10-11H2,1-2H3,(H,27,29). The lowest BCUT2D eigenvalue weighted by molar-refractivity contribution is -0.115. The van der Waals surface area contributed by atoms with Gasteiger partial charge in [0.15, 0.2) is 0 Å². The van der Waals surface area contributed by atoms with E-state index in [2.05, 4.69) is 24.1 Å². The fourth-order valence-corrected chi connectivity index (χ4v) is 4.48. The van der Waals surface area contributed by atoms with Gasteiger partial charge in [0.2, 0.25) is 5.91 Å². The SMILES string of the molecule is CC(C)Cc1cc2c(cc1Cl)NC(=O)CC(c1cccc(-c3nc(CO)cs3)c1)=N2. The molecule has 2 N–H and O–H groups in total. The van der Waals surface area contributed by atoms with Crippen LogP contribution in [-0.2, 0) is 17.8 Å². The zero-order valence-electron chi connectivity index (χ0n) is 16.8. The quantitative estimate of drug-likeness (QED) is 0.542. The Balaban J connectivity index is 1.75. The third-order valence-corrected chi connectivity index (χ3v) is 6.10. The molecule has 30 heavy (non-hydrogen) atoms. The number of halogens is 1. The maximum absolute atomic E-state index is 12.5. The molecule has 4 rings (SSSR count). The molecule has 3 aromatic rings. The predicted molar refractivity (Wildman–Crippen MR) is 123 cm³/mol. The van der Waals surface area contributed by atoms with Gasteiger partial charge < -0.3 is 10.4 Å². The number of amides is 1. The van der Waals surface area contributed by atoms with Crippen molar-refractivity contribution in [3.8, 4) is 10.6 Å². The first-order valence-corrected chi connectivity index (χ1v) is 11.0. The highest BCUT2D eigenvalue weighted by molar-refractivity contribution is 7.13. The molecule has 0 unspecified atom stereocenters. The van der Waals surface area contributed by atoms with Gasteiger partial charge in [-0.25, -0.2) is 4.98 Å². The Bertz CT molecular complexity index is 1140. The summed E-state index contributed by atoms with van der Waals surface area (Å²) < 4.78 is 0. The monoisotopic (exact) mass is 439 g/mol. The number of fused-ring (bicyclic) bond motifs is 1. The van der Waals surface area contributed by atoms with E-state index in [1.807, 2.05) is 35.7 Å². The topological polar surface area (TPSA) is 74.6 Å². The molecule has 0 saturated carbocycles. The lowest BCUT2D eigenvalue weighted by Gasteiger charge is -2.11. The van der Waals surface area contributed by atoms with Crippen LogP contribution in [0.15, 0.2) is 46.8 Å². The van der Waals surface area contributed by atoms with E-state index >= 15 is 0 Å². The van der Waals surface area contributed by atoms with E-state index in [4.69, 9.17) is 16.6 Å². The minimum atomic E-state index is -0.123. The van der Waals surface area contributed by atoms with Gasteiger partial charge in [-0.1, -0.05) is 43.6 Å². The van der Waals surface area contributed by atoms with Crippen LogP contribution in [0.4, 0.5) is 11.4 Å². The number of aromatic nitrogens is 1. The largest absolute Gasteiger partial charge is 0.390 e. The molecule has 0 atom stereocenters. The molecule has 2 aromatic carbocycles. The Hall–Kier alpha value is -2.54. The summed E-state index contributed by atoms with van der Waals surface area (Å²) in [5, 5.41) is 15.5. The number of nitrogens with zero attached hydrogens (tertiary/aromatic N) is 2. The zero-order valence-corrected chi connectivity index (χ0v) is 18.3. The first-order valence-electron chi connectivity index (χ1n) is 9.79. The van der Waals surface area contributed by atoms with E-state index in [1.54, 1.807) is 6.07 Å². The number of aliphatic imine (C=N–C) groups is 1. The van der Waals surface area contributed by atoms with E-state index in [0.717, 1.165) is 33.8 Å². The van der Waals surface area contributed by atoms with Crippen molar-refractivity contribution in [2.24, 2.45) is 10.9 Å². The number of carbonyl (C=O) groups excluding carboxylic acids is 1. The molecule has 1 aliphatic heterocycles. The van der Waals surface area contributed by atoms with Gasteiger partial charge in [0.25, 0.3) is 0 Å².